The Hall–Kier alpha value is -1.52. The molecule has 22 heavy (non-hydrogen) atoms. The number of hydrogen-bond acceptors (Lipinski definition) is 1. The molecule has 0 heterocycles. The molecule has 1 unspecified atom stereocenters. The molecule has 0 radical (unpaired) electrons. The molecule has 116 valence electrons. The SMILES string of the molecule is CC(NC(=O)N(C)Cc1cccc(Cl)c1)c1ccccc1Br. The summed E-state index contributed by atoms with van der Waals surface area (Å²) < 4.78 is 0.986. The molecule has 2 aromatic rings. The molecular weight excluding hydrogens is 364 g/mol. The number of rotatable bonds is 4. The lowest BCUT2D eigenvalue weighted by molar-refractivity contribution is 0.203. The van der Waals surface area contributed by atoms with E-state index in [1.807, 2.05) is 55.5 Å². The van der Waals surface area contributed by atoms with E-state index in [9.17, 15) is 4.79 Å². The maximum atomic E-state index is 12.3. The van der Waals surface area contributed by atoms with Gasteiger partial charge in [-0.2, -0.15) is 0 Å². The minimum atomic E-state index is -0.122. The second-order valence-electron chi connectivity index (χ2n) is 5.18. The van der Waals surface area contributed by atoms with E-state index in [0.717, 1.165) is 15.6 Å². The summed E-state index contributed by atoms with van der Waals surface area (Å²) in [7, 11) is 1.77. The van der Waals surface area contributed by atoms with Gasteiger partial charge in [-0.3, -0.25) is 0 Å². The van der Waals surface area contributed by atoms with Crippen molar-refractivity contribution >= 4 is 33.6 Å². The number of carbonyl (C=O) groups is 1. The molecule has 0 aliphatic carbocycles. The Morgan fingerprint density at radius 2 is 2.00 bits per heavy atom. The zero-order valence-corrected chi connectivity index (χ0v) is 14.9. The predicted octanol–water partition coefficient (Wildman–Crippen LogP) is 5.01. The van der Waals surface area contributed by atoms with Crippen molar-refractivity contribution in [1.82, 2.24) is 10.2 Å². The number of benzene rings is 2. The van der Waals surface area contributed by atoms with Crippen molar-refractivity contribution in [2.24, 2.45) is 0 Å². The summed E-state index contributed by atoms with van der Waals surface area (Å²) in [5.74, 6) is 0. The fourth-order valence-corrected chi connectivity index (χ4v) is 3.02. The smallest absolute Gasteiger partial charge is 0.317 e. The molecule has 5 heteroatoms. The second kappa shape index (κ2) is 7.65. The van der Waals surface area contributed by atoms with Gasteiger partial charge in [0.15, 0.2) is 0 Å². The lowest BCUT2D eigenvalue weighted by atomic mass is 10.1. The van der Waals surface area contributed by atoms with Gasteiger partial charge in [-0.05, 0) is 36.2 Å². The van der Waals surface area contributed by atoms with Gasteiger partial charge in [-0.1, -0.05) is 57.9 Å². The molecule has 0 aliphatic rings. The van der Waals surface area contributed by atoms with E-state index >= 15 is 0 Å². The van der Waals surface area contributed by atoms with E-state index < -0.39 is 0 Å². The molecule has 0 aliphatic heterocycles. The second-order valence-corrected chi connectivity index (χ2v) is 6.47. The first-order chi connectivity index (χ1) is 10.5. The first-order valence-corrected chi connectivity index (χ1v) is 8.15. The van der Waals surface area contributed by atoms with E-state index in [1.54, 1.807) is 11.9 Å². The van der Waals surface area contributed by atoms with E-state index in [4.69, 9.17) is 11.6 Å². The van der Waals surface area contributed by atoms with Crippen LogP contribution in [0.1, 0.15) is 24.1 Å². The van der Waals surface area contributed by atoms with Crippen molar-refractivity contribution in [3.63, 3.8) is 0 Å². The highest BCUT2D eigenvalue weighted by atomic mass is 79.9. The number of urea groups is 1. The van der Waals surface area contributed by atoms with E-state index in [-0.39, 0.29) is 12.1 Å². The molecule has 0 bridgehead atoms. The van der Waals surface area contributed by atoms with Crippen LogP contribution in [0.25, 0.3) is 0 Å². The largest absolute Gasteiger partial charge is 0.331 e. The van der Waals surface area contributed by atoms with Crippen molar-refractivity contribution in [3.8, 4) is 0 Å². The van der Waals surface area contributed by atoms with Gasteiger partial charge in [0.25, 0.3) is 0 Å². The highest BCUT2D eigenvalue weighted by molar-refractivity contribution is 9.10. The zero-order valence-electron chi connectivity index (χ0n) is 12.5. The number of hydrogen-bond donors (Lipinski definition) is 1. The summed E-state index contributed by atoms with van der Waals surface area (Å²) in [6.07, 6.45) is 0. The Balaban J connectivity index is 1.98. The fourth-order valence-electron chi connectivity index (χ4n) is 2.18. The van der Waals surface area contributed by atoms with Gasteiger partial charge in [0, 0.05) is 23.1 Å². The highest BCUT2D eigenvalue weighted by Crippen LogP contribution is 2.23. The summed E-state index contributed by atoms with van der Waals surface area (Å²) in [4.78, 5) is 13.9. The third kappa shape index (κ3) is 4.49. The van der Waals surface area contributed by atoms with E-state index in [0.29, 0.717) is 11.6 Å². The van der Waals surface area contributed by atoms with Crippen LogP contribution in [-0.2, 0) is 6.54 Å². The van der Waals surface area contributed by atoms with Crippen molar-refractivity contribution < 1.29 is 4.79 Å². The molecule has 1 N–H and O–H groups in total. The van der Waals surface area contributed by atoms with Crippen molar-refractivity contribution in [1.29, 1.82) is 0 Å². The molecule has 0 aromatic heterocycles. The van der Waals surface area contributed by atoms with Gasteiger partial charge in [0.2, 0.25) is 0 Å². The topological polar surface area (TPSA) is 32.3 Å². The molecule has 3 nitrogen and oxygen atoms in total. The molecule has 0 saturated carbocycles. The van der Waals surface area contributed by atoms with Crippen LogP contribution in [0.15, 0.2) is 53.0 Å². The molecule has 2 aromatic carbocycles. The molecule has 1 atom stereocenters. The van der Waals surface area contributed by atoms with Crippen LogP contribution in [0.3, 0.4) is 0 Å². The first kappa shape index (κ1) is 16.8. The minimum absolute atomic E-state index is 0.0788. The van der Waals surface area contributed by atoms with Gasteiger partial charge in [0.05, 0.1) is 6.04 Å². The molecule has 0 fully saturated rings. The van der Waals surface area contributed by atoms with Crippen LogP contribution >= 0.6 is 27.5 Å². The van der Waals surface area contributed by atoms with Crippen LogP contribution in [0.2, 0.25) is 5.02 Å². The monoisotopic (exact) mass is 380 g/mol. The molecular formula is C17H18BrClN2O. The van der Waals surface area contributed by atoms with Crippen LogP contribution < -0.4 is 5.32 Å². The molecule has 2 amide bonds. The summed E-state index contributed by atoms with van der Waals surface area (Å²) >= 11 is 9.47. The highest BCUT2D eigenvalue weighted by Gasteiger charge is 2.15. The van der Waals surface area contributed by atoms with Crippen molar-refractivity contribution in [2.45, 2.75) is 19.5 Å². The Labute approximate surface area is 144 Å². The lowest BCUT2D eigenvalue weighted by Gasteiger charge is -2.22. The van der Waals surface area contributed by atoms with Crippen molar-refractivity contribution in [2.75, 3.05) is 7.05 Å². The van der Waals surface area contributed by atoms with Crippen LogP contribution in [-0.4, -0.2) is 18.0 Å². The predicted molar refractivity (Wildman–Crippen MR) is 94.0 cm³/mol. The van der Waals surface area contributed by atoms with Gasteiger partial charge < -0.3 is 10.2 Å². The van der Waals surface area contributed by atoms with Gasteiger partial charge >= 0.3 is 6.03 Å². The first-order valence-electron chi connectivity index (χ1n) is 6.98. The standard InChI is InChI=1S/C17H18BrClN2O/c1-12(15-8-3-4-9-16(15)18)20-17(22)21(2)11-13-6-5-7-14(19)10-13/h3-10,12H,11H2,1-2H3,(H,20,22). The number of carbonyl (C=O) groups excluding carboxylic acids is 1. The maximum absolute atomic E-state index is 12.3. The molecule has 0 spiro atoms. The number of halogens is 2. The minimum Gasteiger partial charge on any atom is -0.331 e. The quantitative estimate of drug-likeness (QED) is 0.793. The van der Waals surface area contributed by atoms with E-state index in [1.165, 1.54) is 0 Å². The lowest BCUT2D eigenvalue weighted by Crippen LogP contribution is -2.38. The maximum Gasteiger partial charge on any atom is 0.317 e. The van der Waals surface area contributed by atoms with E-state index in [2.05, 4.69) is 21.2 Å². The Morgan fingerprint density at radius 3 is 2.68 bits per heavy atom. The van der Waals surface area contributed by atoms with Gasteiger partial charge in [0.1, 0.15) is 0 Å². The Morgan fingerprint density at radius 1 is 1.27 bits per heavy atom. The fraction of sp³-hybridized carbons (Fsp3) is 0.235. The summed E-state index contributed by atoms with van der Waals surface area (Å²) in [6, 6.07) is 15.2. The average Bonchev–Trinajstić information content (AvgIpc) is 2.47. The Bertz CT molecular complexity index is 663. The normalized spacial score (nSPS) is 11.8. The summed E-state index contributed by atoms with van der Waals surface area (Å²) in [5.41, 5.74) is 2.05. The molecule has 0 saturated heterocycles. The van der Waals surface area contributed by atoms with Gasteiger partial charge in [-0.15, -0.1) is 0 Å². The van der Waals surface area contributed by atoms with Crippen molar-refractivity contribution in [3.05, 3.63) is 69.2 Å². The third-order valence-corrected chi connectivity index (χ3v) is 4.32. The van der Waals surface area contributed by atoms with Gasteiger partial charge in [-0.25, -0.2) is 4.79 Å². The summed E-state index contributed by atoms with van der Waals surface area (Å²) in [6.45, 7) is 2.47. The number of nitrogens with zero attached hydrogens (tertiary/aromatic N) is 1. The average molecular weight is 382 g/mol. The number of nitrogens with one attached hydrogen (secondary N) is 1. The third-order valence-electron chi connectivity index (χ3n) is 3.37. The van der Waals surface area contributed by atoms with Crippen LogP contribution in [0.5, 0.6) is 0 Å². The van der Waals surface area contributed by atoms with Crippen LogP contribution in [0.4, 0.5) is 4.79 Å². The van der Waals surface area contributed by atoms with Crippen LogP contribution in [0, 0.1) is 0 Å². The Kier molecular flexibility index (Phi) is 5.86. The summed E-state index contributed by atoms with van der Waals surface area (Å²) in [5, 5.41) is 3.67. The molecule has 2 rings (SSSR count). The zero-order chi connectivity index (χ0) is 16.1. The number of amides is 2.